The van der Waals surface area contributed by atoms with Gasteiger partial charge in [0.05, 0.1) is 6.54 Å². The number of amides is 3. The van der Waals surface area contributed by atoms with Gasteiger partial charge in [-0.25, -0.2) is 4.79 Å². The number of carbonyl (C=O) groups excluding carboxylic acids is 2. The first-order valence-electron chi connectivity index (χ1n) is 7.54. The van der Waals surface area contributed by atoms with Crippen LogP contribution in [0.1, 0.15) is 31.7 Å². The zero-order chi connectivity index (χ0) is 15.3. The minimum atomic E-state index is -0.439. The Labute approximate surface area is 126 Å². The summed E-state index contributed by atoms with van der Waals surface area (Å²) >= 11 is 0. The highest BCUT2D eigenvalue weighted by Gasteiger charge is 2.06. The number of benzene rings is 1. The van der Waals surface area contributed by atoms with Gasteiger partial charge in [-0.1, -0.05) is 50.1 Å². The lowest BCUT2D eigenvalue weighted by molar-refractivity contribution is -0.119. The number of carbonyl (C=O) groups is 2. The van der Waals surface area contributed by atoms with Crippen LogP contribution < -0.4 is 16.0 Å². The second kappa shape index (κ2) is 10.9. The third kappa shape index (κ3) is 8.81. The van der Waals surface area contributed by atoms with Crippen LogP contribution in [0.4, 0.5) is 4.79 Å². The molecule has 0 bridgehead atoms. The highest BCUT2D eigenvalue weighted by molar-refractivity contribution is 5.95. The van der Waals surface area contributed by atoms with Gasteiger partial charge in [-0.05, 0) is 24.9 Å². The molecule has 1 aromatic rings. The molecular weight excluding hydrogens is 266 g/mol. The first-order valence-corrected chi connectivity index (χ1v) is 7.54. The number of urea groups is 1. The Morgan fingerprint density at radius 2 is 1.81 bits per heavy atom. The predicted molar refractivity (Wildman–Crippen MR) is 84.1 cm³/mol. The van der Waals surface area contributed by atoms with Crippen LogP contribution in [0.2, 0.25) is 0 Å². The molecule has 0 saturated carbocycles. The molecule has 0 aliphatic rings. The second-order valence-electron chi connectivity index (χ2n) is 4.92. The van der Waals surface area contributed by atoms with E-state index in [0.717, 1.165) is 37.8 Å². The molecule has 5 heteroatoms. The second-order valence-corrected chi connectivity index (χ2v) is 4.92. The Hall–Kier alpha value is -1.88. The van der Waals surface area contributed by atoms with Crippen LogP contribution in [-0.4, -0.2) is 31.6 Å². The number of hydrogen-bond donors (Lipinski definition) is 3. The minimum Gasteiger partial charge on any atom is -0.337 e. The fourth-order valence-electron chi connectivity index (χ4n) is 1.88. The maximum atomic E-state index is 11.5. The third-order valence-corrected chi connectivity index (χ3v) is 3.04. The van der Waals surface area contributed by atoms with Crippen molar-refractivity contribution in [2.45, 2.75) is 32.6 Å². The topological polar surface area (TPSA) is 70.2 Å². The summed E-state index contributed by atoms with van der Waals surface area (Å²) in [6.45, 7) is 3.62. The molecule has 0 spiro atoms. The van der Waals surface area contributed by atoms with Crippen molar-refractivity contribution in [3.8, 4) is 0 Å². The van der Waals surface area contributed by atoms with Crippen molar-refractivity contribution in [3.63, 3.8) is 0 Å². The monoisotopic (exact) mass is 291 g/mol. The summed E-state index contributed by atoms with van der Waals surface area (Å²) in [5.74, 6) is -0.302. The van der Waals surface area contributed by atoms with Gasteiger partial charge in [-0.15, -0.1) is 0 Å². The SMILES string of the molecule is CCCCCNCC(=O)NC(=O)NCCc1ccccc1. The third-order valence-electron chi connectivity index (χ3n) is 3.04. The van der Waals surface area contributed by atoms with E-state index in [-0.39, 0.29) is 12.5 Å². The normalized spacial score (nSPS) is 10.1. The first-order chi connectivity index (χ1) is 10.2. The van der Waals surface area contributed by atoms with Gasteiger partial charge in [-0.3, -0.25) is 10.1 Å². The van der Waals surface area contributed by atoms with Crippen LogP contribution in [0.5, 0.6) is 0 Å². The highest BCUT2D eigenvalue weighted by atomic mass is 16.2. The average Bonchev–Trinajstić information content (AvgIpc) is 2.48. The fraction of sp³-hybridized carbons (Fsp3) is 0.500. The van der Waals surface area contributed by atoms with Crippen LogP contribution in [-0.2, 0) is 11.2 Å². The number of rotatable bonds is 9. The summed E-state index contributed by atoms with van der Waals surface area (Å²) in [5, 5.41) is 7.99. The van der Waals surface area contributed by atoms with E-state index in [1.165, 1.54) is 0 Å². The maximum absolute atomic E-state index is 11.5. The van der Waals surface area contributed by atoms with E-state index in [1.807, 2.05) is 30.3 Å². The molecular formula is C16H25N3O2. The Bertz CT molecular complexity index is 421. The standard InChI is InChI=1S/C16H25N3O2/c1-2-3-7-11-17-13-15(20)19-16(21)18-12-10-14-8-5-4-6-9-14/h4-6,8-9,17H,2-3,7,10-13H2,1H3,(H2,18,19,20,21). The molecule has 0 saturated heterocycles. The molecule has 1 aromatic carbocycles. The smallest absolute Gasteiger partial charge is 0.321 e. The Morgan fingerprint density at radius 3 is 2.52 bits per heavy atom. The Morgan fingerprint density at radius 1 is 1.05 bits per heavy atom. The van der Waals surface area contributed by atoms with Gasteiger partial charge in [-0.2, -0.15) is 0 Å². The molecule has 3 amide bonds. The van der Waals surface area contributed by atoms with E-state index >= 15 is 0 Å². The van der Waals surface area contributed by atoms with E-state index in [0.29, 0.717) is 6.54 Å². The summed E-state index contributed by atoms with van der Waals surface area (Å²) in [5.41, 5.74) is 1.15. The van der Waals surface area contributed by atoms with Gasteiger partial charge in [0.25, 0.3) is 0 Å². The average molecular weight is 291 g/mol. The van der Waals surface area contributed by atoms with E-state index < -0.39 is 6.03 Å². The number of nitrogens with one attached hydrogen (secondary N) is 3. The molecule has 0 radical (unpaired) electrons. The van der Waals surface area contributed by atoms with E-state index in [1.54, 1.807) is 0 Å². The first kappa shape index (κ1) is 17.2. The summed E-state index contributed by atoms with van der Waals surface area (Å²) in [4.78, 5) is 23.0. The van der Waals surface area contributed by atoms with Crippen LogP contribution in [0.25, 0.3) is 0 Å². The van der Waals surface area contributed by atoms with Crippen molar-refractivity contribution in [1.29, 1.82) is 0 Å². The zero-order valence-corrected chi connectivity index (χ0v) is 12.7. The predicted octanol–water partition coefficient (Wildman–Crippen LogP) is 1.83. The van der Waals surface area contributed by atoms with Crippen LogP contribution in [0, 0.1) is 0 Å². The summed E-state index contributed by atoms with van der Waals surface area (Å²) < 4.78 is 0. The quantitative estimate of drug-likeness (QED) is 0.608. The van der Waals surface area contributed by atoms with Crippen molar-refractivity contribution in [2.75, 3.05) is 19.6 Å². The fourth-order valence-corrected chi connectivity index (χ4v) is 1.88. The van der Waals surface area contributed by atoms with Crippen LogP contribution in [0.3, 0.4) is 0 Å². The lowest BCUT2D eigenvalue weighted by atomic mass is 10.1. The Balaban J connectivity index is 2.06. The molecule has 3 N–H and O–H groups in total. The molecule has 0 aliphatic heterocycles. The van der Waals surface area contributed by atoms with Crippen molar-refractivity contribution >= 4 is 11.9 Å². The van der Waals surface area contributed by atoms with Gasteiger partial charge in [0.15, 0.2) is 0 Å². The summed E-state index contributed by atoms with van der Waals surface area (Å²) in [6.07, 6.45) is 4.09. The largest absolute Gasteiger partial charge is 0.337 e. The number of imide groups is 1. The van der Waals surface area contributed by atoms with Crippen molar-refractivity contribution in [3.05, 3.63) is 35.9 Å². The van der Waals surface area contributed by atoms with E-state index in [9.17, 15) is 9.59 Å². The molecule has 0 aromatic heterocycles. The zero-order valence-electron chi connectivity index (χ0n) is 12.7. The van der Waals surface area contributed by atoms with E-state index in [2.05, 4.69) is 22.9 Å². The molecule has 0 heterocycles. The van der Waals surface area contributed by atoms with Gasteiger partial charge in [0.1, 0.15) is 0 Å². The lowest BCUT2D eigenvalue weighted by Crippen LogP contribution is -2.44. The molecule has 5 nitrogen and oxygen atoms in total. The molecule has 116 valence electrons. The molecule has 1 rings (SSSR count). The van der Waals surface area contributed by atoms with Crippen molar-refractivity contribution in [2.24, 2.45) is 0 Å². The van der Waals surface area contributed by atoms with Crippen LogP contribution in [0.15, 0.2) is 30.3 Å². The van der Waals surface area contributed by atoms with Gasteiger partial charge in [0, 0.05) is 6.54 Å². The highest BCUT2D eigenvalue weighted by Crippen LogP contribution is 1.97. The molecule has 0 fully saturated rings. The van der Waals surface area contributed by atoms with E-state index in [4.69, 9.17) is 0 Å². The minimum absolute atomic E-state index is 0.176. The number of hydrogen-bond acceptors (Lipinski definition) is 3. The molecule has 21 heavy (non-hydrogen) atoms. The van der Waals surface area contributed by atoms with Gasteiger partial charge in [0.2, 0.25) is 5.91 Å². The van der Waals surface area contributed by atoms with Gasteiger partial charge < -0.3 is 10.6 Å². The Kier molecular flexibility index (Phi) is 8.88. The summed E-state index contributed by atoms with van der Waals surface area (Å²) in [6, 6.07) is 9.45. The molecule has 0 atom stereocenters. The van der Waals surface area contributed by atoms with Crippen LogP contribution >= 0.6 is 0 Å². The maximum Gasteiger partial charge on any atom is 0.321 e. The van der Waals surface area contributed by atoms with Crippen molar-refractivity contribution < 1.29 is 9.59 Å². The lowest BCUT2D eigenvalue weighted by Gasteiger charge is -2.07. The molecule has 0 unspecified atom stereocenters. The molecule has 0 aliphatic carbocycles. The number of unbranched alkanes of at least 4 members (excludes halogenated alkanes) is 2. The van der Waals surface area contributed by atoms with Gasteiger partial charge >= 0.3 is 6.03 Å². The summed E-state index contributed by atoms with van der Waals surface area (Å²) in [7, 11) is 0. The van der Waals surface area contributed by atoms with Crippen molar-refractivity contribution in [1.82, 2.24) is 16.0 Å².